The van der Waals surface area contributed by atoms with E-state index in [9.17, 15) is 4.79 Å². The minimum absolute atomic E-state index is 0.262. The van der Waals surface area contributed by atoms with Gasteiger partial charge in [-0.1, -0.05) is 12.1 Å². The molecule has 1 aromatic carbocycles. The van der Waals surface area contributed by atoms with Gasteiger partial charge in [0.15, 0.2) is 0 Å². The lowest BCUT2D eigenvalue weighted by Crippen LogP contribution is -2.52. The molecule has 0 bridgehead atoms. The fraction of sp³-hybridized carbons (Fsp3) is 0.696. The van der Waals surface area contributed by atoms with Gasteiger partial charge in [0.1, 0.15) is 5.75 Å². The smallest absolute Gasteiger partial charge is 0.222 e. The second kappa shape index (κ2) is 8.42. The number of piperidine rings is 2. The number of ether oxygens (including phenoxy) is 2. The summed E-state index contributed by atoms with van der Waals surface area (Å²) in [6.07, 6.45) is 6.66. The average molecular weight is 387 g/mol. The number of amides is 1. The maximum Gasteiger partial charge on any atom is 0.222 e. The van der Waals surface area contributed by atoms with Crippen LogP contribution in [0.4, 0.5) is 0 Å². The van der Waals surface area contributed by atoms with Crippen molar-refractivity contribution < 1.29 is 14.3 Å². The second-order valence-corrected chi connectivity index (χ2v) is 8.99. The second-order valence-electron chi connectivity index (χ2n) is 8.99. The molecule has 0 aromatic heterocycles. The first-order chi connectivity index (χ1) is 13.6. The van der Waals surface area contributed by atoms with Crippen LogP contribution < -0.4 is 4.74 Å². The minimum atomic E-state index is 0.262. The first kappa shape index (κ1) is 19.7. The van der Waals surface area contributed by atoms with Crippen LogP contribution in [-0.2, 0) is 16.1 Å². The number of likely N-dealkylation sites (tertiary alicyclic amines) is 2. The molecule has 4 rings (SSSR count). The van der Waals surface area contributed by atoms with Crippen molar-refractivity contribution in [3.8, 4) is 5.75 Å². The molecule has 1 amide bonds. The Morgan fingerprint density at radius 1 is 1.25 bits per heavy atom. The molecule has 3 saturated heterocycles. The Labute approximate surface area is 169 Å². The van der Waals surface area contributed by atoms with Gasteiger partial charge >= 0.3 is 0 Å². The fourth-order valence-electron chi connectivity index (χ4n) is 5.19. The van der Waals surface area contributed by atoms with Crippen LogP contribution in [0.25, 0.3) is 0 Å². The molecular weight excluding hydrogens is 352 g/mol. The predicted octanol–water partition coefficient (Wildman–Crippen LogP) is 3.39. The Balaban J connectivity index is 1.32. The summed E-state index contributed by atoms with van der Waals surface area (Å²) >= 11 is 0. The first-order valence-corrected chi connectivity index (χ1v) is 10.8. The Bertz CT molecular complexity index is 691. The lowest BCUT2D eigenvalue weighted by atomic mass is 9.72. The summed E-state index contributed by atoms with van der Waals surface area (Å²) in [5, 5.41) is 0. The molecule has 1 spiro atoms. The van der Waals surface area contributed by atoms with Crippen molar-refractivity contribution in [3.05, 3.63) is 29.3 Å². The number of carbonyl (C=O) groups excluding carboxylic acids is 1. The van der Waals surface area contributed by atoms with Crippen LogP contribution in [0.5, 0.6) is 5.75 Å². The van der Waals surface area contributed by atoms with Gasteiger partial charge in [0, 0.05) is 32.7 Å². The van der Waals surface area contributed by atoms with Crippen molar-refractivity contribution in [1.29, 1.82) is 0 Å². The van der Waals surface area contributed by atoms with E-state index in [2.05, 4.69) is 34.9 Å². The number of benzene rings is 1. The fourth-order valence-corrected chi connectivity index (χ4v) is 5.19. The minimum Gasteiger partial charge on any atom is -0.496 e. The van der Waals surface area contributed by atoms with Crippen molar-refractivity contribution in [2.24, 2.45) is 5.41 Å². The molecule has 0 N–H and O–H groups in total. The summed E-state index contributed by atoms with van der Waals surface area (Å²) in [5.74, 6) is 1.29. The first-order valence-electron chi connectivity index (χ1n) is 10.8. The van der Waals surface area contributed by atoms with Crippen molar-refractivity contribution in [2.75, 3.05) is 39.9 Å². The van der Waals surface area contributed by atoms with Crippen LogP contribution in [0.15, 0.2) is 18.2 Å². The highest BCUT2D eigenvalue weighted by Crippen LogP contribution is 2.40. The molecule has 5 heteroatoms. The monoisotopic (exact) mass is 386 g/mol. The standard InChI is InChI=1S/C23H34N2O3/c1-18-14-19(5-6-21(18)27-2)15-24-11-9-23(10-12-24)8-7-22(26)25(17-23)16-20-4-3-13-28-20/h5-6,14,20H,3-4,7-13,15-17H2,1-2H3/t20-/m1/s1. The van der Waals surface area contributed by atoms with E-state index in [1.807, 2.05) is 0 Å². The van der Waals surface area contributed by atoms with Crippen molar-refractivity contribution in [3.63, 3.8) is 0 Å². The maximum atomic E-state index is 12.4. The number of carbonyl (C=O) groups is 1. The molecule has 28 heavy (non-hydrogen) atoms. The van der Waals surface area contributed by atoms with Crippen LogP contribution in [0.3, 0.4) is 0 Å². The predicted molar refractivity (Wildman–Crippen MR) is 109 cm³/mol. The number of nitrogens with zero attached hydrogens (tertiary/aromatic N) is 2. The van der Waals surface area contributed by atoms with Gasteiger partial charge in [0.2, 0.25) is 5.91 Å². The molecule has 0 unspecified atom stereocenters. The third kappa shape index (κ3) is 4.36. The quantitative estimate of drug-likeness (QED) is 0.778. The summed E-state index contributed by atoms with van der Waals surface area (Å²) in [6, 6.07) is 6.50. The zero-order chi connectivity index (χ0) is 19.6. The van der Waals surface area contributed by atoms with Gasteiger partial charge in [-0.05, 0) is 74.7 Å². The number of hydrogen-bond acceptors (Lipinski definition) is 4. The van der Waals surface area contributed by atoms with E-state index in [1.54, 1.807) is 7.11 Å². The van der Waals surface area contributed by atoms with Gasteiger partial charge in [-0.25, -0.2) is 0 Å². The molecule has 1 atom stereocenters. The number of rotatable bonds is 5. The molecule has 0 aliphatic carbocycles. The van der Waals surface area contributed by atoms with E-state index < -0.39 is 0 Å². The molecule has 3 heterocycles. The Hall–Kier alpha value is -1.59. The summed E-state index contributed by atoms with van der Waals surface area (Å²) in [6.45, 7) is 7.93. The molecule has 154 valence electrons. The van der Waals surface area contributed by atoms with Crippen LogP contribution >= 0.6 is 0 Å². The molecule has 1 aromatic rings. The Morgan fingerprint density at radius 3 is 2.75 bits per heavy atom. The van der Waals surface area contributed by atoms with E-state index in [0.717, 1.165) is 64.3 Å². The van der Waals surface area contributed by atoms with Crippen LogP contribution in [0, 0.1) is 12.3 Å². The molecular formula is C23H34N2O3. The van der Waals surface area contributed by atoms with Gasteiger partial charge in [-0.15, -0.1) is 0 Å². The number of methoxy groups -OCH3 is 1. The average Bonchev–Trinajstić information content (AvgIpc) is 3.20. The van der Waals surface area contributed by atoms with Crippen LogP contribution in [0.1, 0.15) is 49.7 Å². The van der Waals surface area contributed by atoms with Gasteiger partial charge in [-0.3, -0.25) is 9.69 Å². The Morgan fingerprint density at radius 2 is 2.07 bits per heavy atom. The third-order valence-electron chi connectivity index (χ3n) is 6.98. The molecule has 3 aliphatic rings. The topological polar surface area (TPSA) is 42.0 Å². The van der Waals surface area contributed by atoms with Gasteiger partial charge in [0.25, 0.3) is 0 Å². The maximum absolute atomic E-state index is 12.4. The summed E-state index contributed by atoms with van der Waals surface area (Å²) < 4.78 is 11.2. The third-order valence-corrected chi connectivity index (χ3v) is 6.98. The zero-order valence-electron chi connectivity index (χ0n) is 17.4. The van der Waals surface area contributed by atoms with E-state index in [0.29, 0.717) is 17.7 Å². The highest BCUT2D eigenvalue weighted by Gasteiger charge is 2.41. The van der Waals surface area contributed by atoms with Crippen molar-refractivity contribution >= 4 is 5.91 Å². The molecule has 0 radical (unpaired) electrons. The Kier molecular flexibility index (Phi) is 5.93. The van der Waals surface area contributed by atoms with Gasteiger partial charge in [-0.2, -0.15) is 0 Å². The summed E-state index contributed by atoms with van der Waals surface area (Å²) in [7, 11) is 1.73. The lowest BCUT2D eigenvalue weighted by molar-refractivity contribution is -0.141. The summed E-state index contributed by atoms with van der Waals surface area (Å²) in [4.78, 5) is 17.1. The molecule has 5 nitrogen and oxygen atoms in total. The van der Waals surface area contributed by atoms with Crippen LogP contribution in [-0.4, -0.2) is 61.7 Å². The molecule has 3 fully saturated rings. The van der Waals surface area contributed by atoms with E-state index in [-0.39, 0.29) is 6.10 Å². The van der Waals surface area contributed by atoms with E-state index in [1.165, 1.54) is 24.0 Å². The van der Waals surface area contributed by atoms with Gasteiger partial charge < -0.3 is 14.4 Å². The SMILES string of the molecule is COc1ccc(CN2CCC3(CCC(=O)N(C[C@H]4CCCO4)C3)CC2)cc1C. The van der Waals surface area contributed by atoms with Crippen molar-refractivity contribution in [2.45, 2.75) is 58.1 Å². The lowest BCUT2D eigenvalue weighted by Gasteiger charge is -2.48. The largest absolute Gasteiger partial charge is 0.496 e. The van der Waals surface area contributed by atoms with Gasteiger partial charge in [0.05, 0.1) is 13.2 Å². The summed E-state index contributed by atoms with van der Waals surface area (Å²) in [5.41, 5.74) is 2.87. The van der Waals surface area contributed by atoms with E-state index >= 15 is 0 Å². The number of aryl methyl sites for hydroxylation is 1. The normalized spacial score (nSPS) is 25.4. The van der Waals surface area contributed by atoms with E-state index in [4.69, 9.17) is 9.47 Å². The zero-order valence-corrected chi connectivity index (χ0v) is 17.4. The highest BCUT2D eigenvalue weighted by atomic mass is 16.5. The van der Waals surface area contributed by atoms with Crippen molar-refractivity contribution in [1.82, 2.24) is 9.80 Å². The molecule has 3 aliphatic heterocycles. The number of hydrogen-bond donors (Lipinski definition) is 0. The molecule has 0 saturated carbocycles. The highest BCUT2D eigenvalue weighted by molar-refractivity contribution is 5.77. The van der Waals surface area contributed by atoms with Crippen LogP contribution in [0.2, 0.25) is 0 Å².